The molecule has 38 heavy (non-hydrogen) atoms. The van der Waals surface area contributed by atoms with E-state index in [2.05, 4.69) is 5.32 Å². The monoisotopic (exact) mass is 558 g/mol. The number of alkyl halides is 3. The molecule has 1 heterocycles. The molecule has 2 aliphatic rings. The summed E-state index contributed by atoms with van der Waals surface area (Å²) in [6, 6.07) is 6.85. The number of anilines is 1. The first kappa shape index (κ1) is 28.3. The Labute approximate surface area is 218 Å². The van der Waals surface area contributed by atoms with Gasteiger partial charge in [0.2, 0.25) is 5.91 Å². The highest BCUT2D eigenvalue weighted by atomic mass is 32.2. The first-order chi connectivity index (χ1) is 17.7. The van der Waals surface area contributed by atoms with Gasteiger partial charge in [-0.05, 0) is 86.9 Å². The highest BCUT2D eigenvalue weighted by Crippen LogP contribution is 2.42. The lowest BCUT2D eigenvalue weighted by atomic mass is 9.86. The molecule has 0 spiro atoms. The molecule has 208 valence electrons. The summed E-state index contributed by atoms with van der Waals surface area (Å²) in [6.45, 7) is 0.590. The van der Waals surface area contributed by atoms with Gasteiger partial charge in [-0.15, -0.1) is 0 Å². The average molecular weight is 559 g/mol. The number of sulfonamides is 1. The van der Waals surface area contributed by atoms with Crippen LogP contribution in [0.25, 0.3) is 0 Å². The minimum absolute atomic E-state index is 0.0419. The Hall–Kier alpha value is -2.70. The minimum Gasteiger partial charge on any atom is -0.393 e. The molecule has 12 heteroatoms. The van der Waals surface area contributed by atoms with Crippen LogP contribution in [0.5, 0.6) is 0 Å². The van der Waals surface area contributed by atoms with Crippen molar-refractivity contribution in [3.05, 3.63) is 59.4 Å². The van der Waals surface area contributed by atoms with Crippen LogP contribution in [0.3, 0.4) is 0 Å². The SMILES string of the molecule is CC(O)(c1ccc2c(c1)CC[C@@H](CNC(=O)C1CCC(O)CC1)N2S(=O)(=O)c1ccc(F)cc1)C(F)(F)F. The fourth-order valence-corrected chi connectivity index (χ4v) is 6.75. The van der Waals surface area contributed by atoms with Gasteiger partial charge in [-0.3, -0.25) is 9.10 Å². The van der Waals surface area contributed by atoms with Crippen molar-refractivity contribution in [3.63, 3.8) is 0 Å². The molecule has 2 aromatic rings. The number of rotatable bonds is 6. The number of benzene rings is 2. The van der Waals surface area contributed by atoms with Crippen LogP contribution in [0.1, 0.15) is 50.2 Å². The molecule has 7 nitrogen and oxygen atoms in total. The van der Waals surface area contributed by atoms with Gasteiger partial charge in [0.15, 0.2) is 5.60 Å². The van der Waals surface area contributed by atoms with Crippen molar-refractivity contribution >= 4 is 21.6 Å². The molecule has 2 atom stereocenters. The van der Waals surface area contributed by atoms with E-state index in [1.807, 2.05) is 0 Å². The molecule has 1 aliphatic heterocycles. The normalized spacial score (nSPS) is 23.9. The van der Waals surface area contributed by atoms with Crippen molar-refractivity contribution in [1.82, 2.24) is 5.32 Å². The Bertz CT molecular complexity index is 1270. The Morgan fingerprint density at radius 3 is 2.29 bits per heavy atom. The molecule has 1 amide bonds. The Kier molecular flexibility index (Phi) is 7.79. The van der Waals surface area contributed by atoms with Crippen LogP contribution < -0.4 is 9.62 Å². The number of halogens is 4. The zero-order chi connectivity index (χ0) is 27.9. The average Bonchev–Trinajstić information content (AvgIpc) is 2.86. The smallest absolute Gasteiger partial charge is 0.393 e. The van der Waals surface area contributed by atoms with Gasteiger partial charge in [0.05, 0.1) is 22.7 Å². The maximum absolute atomic E-state index is 13.7. The van der Waals surface area contributed by atoms with E-state index in [-0.39, 0.29) is 41.8 Å². The van der Waals surface area contributed by atoms with E-state index >= 15 is 0 Å². The highest BCUT2D eigenvalue weighted by Gasteiger charge is 2.51. The number of nitrogens with one attached hydrogen (secondary N) is 1. The zero-order valence-corrected chi connectivity index (χ0v) is 21.5. The van der Waals surface area contributed by atoms with Gasteiger partial charge >= 0.3 is 6.18 Å². The van der Waals surface area contributed by atoms with Gasteiger partial charge in [-0.1, -0.05) is 12.1 Å². The Balaban J connectivity index is 1.67. The molecular formula is C26H30F4N2O5S. The summed E-state index contributed by atoms with van der Waals surface area (Å²) in [7, 11) is -4.30. The maximum atomic E-state index is 13.7. The summed E-state index contributed by atoms with van der Waals surface area (Å²) in [5.74, 6) is -1.19. The second kappa shape index (κ2) is 10.5. The number of aryl methyl sites for hydroxylation is 1. The lowest BCUT2D eigenvalue weighted by molar-refractivity contribution is -0.258. The topological polar surface area (TPSA) is 107 Å². The predicted octanol–water partition coefficient (Wildman–Crippen LogP) is 3.77. The van der Waals surface area contributed by atoms with Crippen LogP contribution in [0.15, 0.2) is 47.4 Å². The van der Waals surface area contributed by atoms with E-state index in [0.717, 1.165) is 40.7 Å². The standard InChI is InChI=1S/C26H30F4N2O5S/c1-25(35,26(28,29)30)18-5-13-23-17(14-18)2-8-20(15-31-24(34)16-3-9-21(33)10-4-16)32(23)38(36,37)22-11-6-19(27)7-12-22/h5-7,11-14,16,20-21,33,35H,2-4,8-10,15H2,1H3,(H,31,34)/t16?,20-,21?,25?/m0/s1. The van der Waals surface area contributed by atoms with Crippen LogP contribution in [0.2, 0.25) is 0 Å². The Morgan fingerprint density at radius 1 is 1.05 bits per heavy atom. The van der Waals surface area contributed by atoms with Crippen LogP contribution in [-0.4, -0.2) is 49.4 Å². The summed E-state index contributed by atoms with van der Waals surface area (Å²) < 4.78 is 82.4. The van der Waals surface area contributed by atoms with E-state index in [9.17, 15) is 41.0 Å². The summed E-state index contributed by atoms with van der Waals surface area (Å²) in [5.41, 5.74) is -3.14. The van der Waals surface area contributed by atoms with E-state index in [0.29, 0.717) is 38.2 Å². The molecular weight excluding hydrogens is 528 g/mol. The molecule has 1 aliphatic carbocycles. The van der Waals surface area contributed by atoms with Gasteiger partial charge in [-0.25, -0.2) is 12.8 Å². The number of nitrogens with zero attached hydrogens (tertiary/aromatic N) is 1. The Morgan fingerprint density at radius 2 is 1.68 bits per heavy atom. The van der Waals surface area contributed by atoms with Crippen molar-refractivity contribution < 1.29 is 41.0 Å². The summed E-state index contributed by atoms with van der Waals surface area (Å²) in [4.78, 5) is 12.6. The molecule has 0 radical (unpaired) electrons. The van der Waals surface area contributed by atoms with Crippen LogP contribution >= 0.6 is 0 Å². The number of fused-ring (bicyclic) bond motifs is 1. The third-order valence-corrected chi connectivity index (χ3v) is 9.34. The van der Waals surface area contributed by atoms with Gasteiger partial charge < -0.3 is 15.5 Å². The van der Waals surface area contributed by atoms with E-state index in [4.69, 9.17) is 0 Å². The molecule has 0 aromatic heterocycles. The van der Waals surface area contributed by atoms with Crippen LogP contribution in [0, 0.1) is 11.7 Å². The van der Waals surface area contributed by atoms with E-state index < -0.39 is 45.3 Å². The first-order valence-corrected chi connectivity index (χ1v) is 13.8. The number of aliphatic hydroxyl groups excluding tert-OH is 1. The zero-order valence-electron chi connectivity index (χ0n) is 20.7. The second-order valence-electron chi connectivity index (χ2n) is 10.1. The summed E-state index contributed by atoms with van der Waals surface area (Å²) in [6.07, 6.45) is -2.95. The molecule has 0 bridgehead atoms. The number of hydrogen-bond acceptors (Lipinski definition) is 5. The number of carbonyl (C=O) groups excluding carboxylic acids is 1. The maximum Gasteiger partial charge on any atom is 0.421 e. The molecule has 3 N–H and O–H groups in total. The third kappa shape index (κ3) is 5.52. The number of aliphatic hydroxyl groups is 2. The fraction of sp³-hybridized carbons (Fsp3) is 0.500. The first-order valence-electron chi connectivity index (χ1n) is 12.4. The molecule has 1 saturated carbocycles. The van der Waals surface area contributed by atoms with Crippen molar-refractivity contribution in [2.75, 3.05) is 10.8 Å². The third-order valence-electron chi connectivity index (χ3n) is 7.46. The summed E-state index contributed by atoms with van der Waals surface area (Å²) >= 11 is 0. The molecule has 0 saturated heterocycles. The predicted molar refractivity (Wildman–Crippen MR) is 131 cm³/mol. The van der Waals surface area contributed by atoms with E-state index in [1.165, 1.54) is 6.07 Å². The van der Waals surface area contributed by atoms with Crippen molar-refractivity contribution in [3.8, 4) is 0 Å². The van der Waals surface area contributed by atoms with Crippen LogP contribution in [0.4, 0.5) is 23.2 Å². The second-order valence-corrected chi connectivity index (χ2v) is 11.9. The number of carbonyl (C=O) groups is 1. The number of hydrogen-bond donors (Lipinski definition) is 3. The van der Waals surface area contributed by atoms with Gasteiger partial charge in [0, 0.05) is 12.5 Å². The number of amides is 1. The van der Waals surface area contributed by atoms with Gasteiger partial charge in [0.1, 0.15) is 5.82 Å². The molecule has 1 fully saturated rings. The lowest BCUT2D eigenvalue weighted by Gasteiger charge is -2.39. The minimum atomic E-state index is -4.95. The fourth-order valence-electron chi connectivity index (χ4n) is 5.03. The van der Waals surface area contributed by atoms with Gasteiger partial charge in [-0.2, -0.15) is 13.2 Å². The molecule has 2 aromatic carbocycles. The van der Waals surface area contributed by atoms with Crippen molar-refractivity contribution in [2.45, 2.75) is 74.3 Å². The van der Waals surface area contributed by atoms with Crippen molar-refractivity contribution in [2.24, 2.45) is 5.92 Å². The van der Waals surface area contributed by atoms with Gasteiger partial charge in [0.25, 0.3) is 10.0 Å². The largest absolute Gasteiger partial charge is 0.421 e. The quantitative estimate of drug-likeness (QED) is 0.468. The molecule has 4 rings (SSSR count). The summed E-state index contributed by atoms with van der Waals surface area (Å²) in [5, 5.41) is 22.6. The van der Waals surface area contributed by atoms with Crippen molar-refractivity contribution in [1.29, 1.82) is 0 Å². The highest BCUT2D eigenvalue weighted by molar-refractivity contribution is 7.92. The lowest BCUT2D eigenvalue weighted by Crippen LogP contribution is -2.50. The molecule has 1 unspecified atom stereocenters. The van der Waals surface area contributed by atoms with E-state index in [1.54, 1.807) is 0 Å². The van der Waals surface area contributed by atoms with Crippen LogP contribution in [-0.2, 0) is 26.8 Å².